The molecule has 0 bridgehead atoms. The van der Waals surface area contributed by atoms with Gasteiger partial charge in [0.05, 0.1) is 12.6 Å². The molecule has 5 heteroatoms. The number of aliphatic hydroxyl groups is 1. The van der Waals surface area contributed by atoms with Crippen molar-refractivity contribution >= 4 is 11.8 Å². The molecule has 1 aliphatic heterocycles. The Morgan fingerprint density at radius 1 is 1.29 bits per heavy atom. The molecule has 0 radical (unpaired) electrons. The molecular formula is C12H20N2O3. The van der Waals surface area contributed by atoms with Crippen molar-refractivity contribution in [1.82, 2.24) is 10.2 Å². The molecule has 1 heterocycles. The van der Waals surface area contributed by atoms with E-state index in [0.29, 0.717) is 19.0 Å². The van der Waals surface area contributed by atoms with Crippen LogP contribution < -0.4 is 5.32 Å². The molecule has 5 nitrogen and oxygen atoms in total. The van der Waals surface area contributed by atoms with Crippen molar-refractivity contribution in [1.29, 1.82) is 0 Å². The predicted molar refractivity (Wildman–Crippen MR) is 62.2 cm³/mol. The second-order valence-electron chi connectivity index (χ2n) is 4.98. The van der Waals surface area contributed by atoms with Gasteiger partial charge in [-0.2, -0.15) is 0 Å². The summed E-state index contributed by atoms with van der Waals surface area (Å²) < 4.78 is 0. The van der Waals surface area contributed by atoms with E-state index in [-0.39, 0.29) is 12.6 Å². The van der Waals surface area contributed by atoms with Crippen LogP contribution in [0.25, 0.3) is 0 Å². The molecule has 2 fully saturated rings. The highest BCUT2D eigenvalue weighted by Gasteiger charge is 2.33. The molecule has 0 spiro atoms. The van der Waals surface area contributed by atoms with E-state index in [0.717, 1.165) is 6.42 Å². The largest absolute Gasteiger partial charge is 0.394 e. The molecule has 0 aromatic carbocycles. The lowest BCUT2D eigenvalue weighted by atomic mass is 10.0. The maximum absolute atomic E-state index is 11.7. The standard InChI is InChI=1S/C12H20N2O3/c15-8-10-7-13-11(16)12(17)14(10)6-5-9-3-1-2-4-9/h9-10,15H,1-8H2,(H,13,16)/t10-/m1/s1. The van der Waals surface area contributed by atoms with Crippen molar-refractivity contribution in [2.24, 2.45) is 5.92 Å². The number of amides is 2. The quantitative estimate of drug-likeness (QED) is 0.673. The van der Waals surface area contributed by atoms with Crippen LogP contribution in [0.4, 0.5) is 0 Å². The van der Waals surface area contributed by atoms with Gasteiger partial charge in [0.1, 0.15) is 0 Å². The van der Waals surface area contributed by atoms with E-state index in [4.69, 9.17) is 0 Å². The summed E-state index contributed by atoms with van der Waals surface area (Å²) in [5.41, 5.74) is 0. The van der Waals surface area contributed by atoms with Gasteiger partial charge < -0.3 is 15.3 Å². The van der Waals surface area contributed by atoms with Crippen LogP contribution >= 0.6 is 0 Å². The monoisotopic (exact) mass is 240 g/mol. The van der Waals surface area contributed by atoms with Gasteiger partial charge in [0, 0.05) is 13.1 Å². The molecule has 2 N–H and O–H groups in total. The van der Waals surface area contributed by atoms with Crippen molar-refractivity contribution in [2.45, 2.75) is 38.1 Å². The molecule has 2 amide bonds. The second kappa shape index (κ2) is 5.49. The summed E-state index contributed by atoms with van der Waals surface area (Å²) in [6.45, 7) is 0.880. The summed E-state index contributed by atoms with van der Waals surface area (Å²) in [6.07, 6.45) is 5.98. The smallest absolute Gasteiger partial charge is 0.312 e. The Morgan fingerprint density at radius 3 is 2.65 bits per heavy atom. The van der Waals surface area contributed by atoms with Crippen LogP contribution in [-0.4, -0.2) is 47.6 Å². The molecule has 2 rings (SSSR count). The van der Waals surface area contributed by atoms with Gasteiger partial charge in [-0.15, -0.1) is 0 Å². The first-order valence-electron chi connectivity index (χ1n) is 6.42. The molecule has 0 unspecified atom stereocenters. The lowest BCUT2D eigenvalue weighted by molar-refractivity contribution is -0.151. The van der Waals surface area contributed by atoms with Gasteiger partial charge in [0.15, 0.2) is 0 Å². The lowest BCUT2D eigenvalue weighted by Gasteiger charge is -2.34. The zero-order valence-corrected chi connectivity index (χ0v) is 10.0. The number of aliphatic hydroxyl groups excluding tert-OH is 1. The average molecular weight is 240 g/mol. The zero-order valence-electron chi connectivity index (χ0n) is 10.0. The molecule has 1 saturated heterocycles. The maximum atomic E-state index is 11.7. The Kier molecular flexibility index (Phi) is 3.99. The van der Waals surface area contributed by atoms with E-state index in [1.807, 2.05) is 0 Å². The van der Waals surface area contributed by atoms with E-state index in [9.17, 15) is 14.7 Å². The highest BCUT2D eigenvalue weighted by molar-refractivity contribution is 6.35. The van der Waals surface area contributed by atoms with E-state index < -0.39 is 11.8 Å². The number of hydrogen-bond acceptors (Lipinski definition) is 3. The number of nitrogens with zero attached hydrogens (tertiary/aromatic N) is 1. The second-order valence-corrected chi connectivity index (χ2v) is 4.98. The van der Waals surface area contributed by atoms with Gasteiger partial charge in [-0.05, 0) is 12.3 Å². The van der Waals surface area contributed by atoms with Crippen molar-refractivity contribution in [2.75, 3.05) is 19.7 Å². The fourth-order valence-corrected chi connectivity index (χ4v) is 2.76. The van der Waals surface area contributed by atoms with Crippen LogP contribution in [0.3, 0.4) is 0 Å². The fraction of sp³-hybridized carbons (Fsp3) is 0.833. The maximum Gasteiger partial charge on any atom is 0.312 e. The topological polar surface area (TPSA) is 69.6 Å². The Balaban J connectivity index is 1.89. The van der Waals surface area contributed by atoms with E-state index in [2.05, 4.69) is 5.32 Å². The number of carbonyl (C=O) groups excluding carboxylic acids is 2. The van der Waals surface area contributed by atoms with Crippen molar-refractivity contribution in [3.05, 3.63) is 0 Å². The number of piperazine rings is 1. The summed E-state index contributed by atoms with van der Waals surface area (Å²) in [4.78, 5) is 24.5. The van der Waals surface area contributed by atoms with Crippen molar-refractivity contribution < 1.29 is 14.7 Å². The van der Waals surface area contributed by atoms with Crippen LogP contribution in [0.15, 0.2) is 0 Å². The Bertz CT molecular complexity index is 300. The molecular weight excluding hydrogens is 220 g/mol. The number of hydrogen-bond donors (Lipinski definition) is 2. The van der Waals surface area contributed by atoms with Crippen LogP contribution in [0.1, 0.15) is 32.1 Å². The molecule has 0 aromatic rings. The van der Waals surface area contributed by atoms with Gasteiger partial charge in [-0.25, -0.2) is 0 Å². The Labute approximate surface area is 101 Å². The first-order valence-corrected chi connectivity index (χ1v) is 6.42. The minimum Gasteiger partial charge on any atom is -0.394 e. The first kappa shape index (κ1) is 12.4. The molecule has 2 aliphatic rings. The van der Waals surface area contributed by atoms with Crippen molar-refractivity contribution in [3.63, 3.8) is 0 Å². The Morgan fingerprint density at radius 2 is 2.00 bits per heavy atom. The average Bonchev–Trinajstić information content (AvgIpc) is 2.84. The van der Waals surface area contributed by atoms with Crippen LogP contribution in [0.2, 0.25) is 0 Å². The predicted octanol–water partition coefficient (Wildman–Crippen LogP) is -0.114. The van der Waals surface area contributed by atoms with Crippen LogP contribution in [0.5, 0.6) is 0 Å². The summed E-state index contributed by atoms with van der Waals surface area (Å²) in [6, 6.07) is -0.249. The van der Waals surface area contributed by atoms with E-state index in [1.165, 1.54) is 30.6 Å². The summed E-state index contributed by atoms with van der Waals surface area (Å²) in [7, 11) is 0. The van der Waals surface area contributed by atoms with Crippen LogP contribution in [0, 0.1) is 5.92 Å². The number of rotatable bonds is 4. The summed E-state index contributed by atoms with van der Waals surface area (Å²) in [5, 5.41) is 11.7. The highest BCUT2D eigenvalue weighted by Crippen LogP contribution is 2.27. The lowest BCUT2D eigenvalue weighted by Crippen LogP contribution is -2.59. The molecule has 1 aliphatic carbocycles. The van der Waals surface area contributed by atoms with Crippen LogP contribution in [-0.2, 0) is 9.59 Å². The highest BCUT2D eigenvalue weighted by atomic mass is 16.3. The third-order valence-electron chi connectivity index (χ3n) is 3.86. The Hall–Kier alpha value is -1.10. The zero-order chi connectivity index (χ0) is 12.3. The third-order valence-corrected chi connectivity index (χ3v) is 3.86. The molecule has 1 atom stereocenters. The summed E-state index contributed by atoms with van der Waals surface area (Å²) in [5.74, 6) is -0.346. The molecule has 17 heavy (non-hydrogen) atoms. The molecule has 1 saturated carbocycles. The van der Waals surface area contributed by atoms with Gasteiger partial charge >= 0.3 is 11.8 Å². The SMILES string of the molecule is O=C1NC[C@H](CO)N(CCC2CCCC2)C1=O. The molecule has 96 valence electrons. The third kappa shape index (κ3) is 2.77. The normalized spacial score (nSPS) is 26.4. The minimum absolute atomic E-state index is 0.0866. The molecule has 0 aromatic heterocycles. The van der Waals surface area contributed by atoms with Crippen molar-refractivity contribution in [3.8, 4) is 0 Å². The van der Waals surface area contributed by atoms with E-state index >= 15 is 0 Å². The summed E-state index contributed by atoms with van der Waals surface area (Å²) >= 11 is 0. The number of carbonyl (C=O) groups is 2. The van der Waals surface area contributed by atoms with Gasteiger partial charge in [-0.1, -0.05) is 25.7 Å². The van der Waals surface area contributed by atoms with Gasteiger partial charge in [-0.3, -0.25) is 9.59 Å². The first-order chi connectivity index (χ1) is 8.22. The minimum atomic E-state index is -0.541. The van der Waals surface area contributed by atoms with Gasteiger partial charge in [0.2, 0.25) is 0 Å². The number of nitrogens with one attached hydrogen (secondary N) is 1. The fourth-order valence-electron chi connectivity index (χ4n) is 2.76. The van der Waals surface area contributed by atoms with E-state index in [1.54, 1.807) is 0 Å². The van der Waals surface area contributed by atoms with Gasteiger partial charge in [0.25, 0.3) is 0 Å².